The van der Waals surface area contributed by atoms with Crippen LogP contribution in [0.15, 0.2) is 0 Å². The van der Waals surface area contributed by atoms with E-state index in [1.165, 1.54) is 30.9 Å². The van der Waals surface area contributed by atoms with Crippen molar-refractivity contribution in [1.82, 2.24) is 4.90 Å². The van der Waals surface area contributed by atoms with Crippen LogP contribution in [0.3, 0.4) is 0 Å². The molecule has 0 aromatic rings. The molecule has 0 bridgehead atoms. The summed E-state index contributed by atoms with van der Waals surface area (Å²) in [5, 5.41) is 43.8. The Morgan fingerprint density at radius 2 is 1.22 bits per heavy atom. The summed E-state index contributed by atoms with van der Waals surface area (Å²) in [6, 6.07) is 0. The van der Waals surface area contributed by atoms with E-state index < -0.39 is 83.8 Å². The highest BCUT2D eigenvalue weighted by atomic mass is 32.2. The van der Waals surface area contributed by atoms with Gasteiger partial charge in [0.2, 0.25) is 0 Å². The third kappa shape index (κ3) is 25.8. The highest BCUT2D eigenvalue weighted by molar-refractivity contribution is 7.99. The molecule has 0 aromatic carbocycles. The predicted molar refractivity (Wildman–Crippen MR) is 267 cm³/mol. The summed E-state index contributed by atoms with van der Waals surface area (Å²) in [6.07, 6.45) is 7.09. The molecular weight excluding hydrogens is 895 g/mol. The van der Waals surface area contributed by atoms with Gasteiger partial charge in [0.15, 0.2) is 0 Å². The second kappa shape index (κ2) is 35.0. The van der Waals surface area contributed by atoms with Crippen molar-refractivity contribution in [3.8, 4) is 0 Å². The largest absolute Gasteiger partial charge is 0.468 e. The molecule has 16 heteroatoms. The van der Waals surface area contributed by atoms with E-state index in [1.807, 2.05) is 27.7 Å². The lowest BCUT2D eigenvalue weighted by molar-refractivity contribution is -0.159. The van der Waals surface area contributed by atoms with Crippen LogP contribution in [0.2, 0.25) is 0 Å². The first-order chi connectivity index (χ1) is 32.2. The Morgan fingerprint density at radius 1 is 0.647 bits per heavy atom. The number of aliphatic hydroxyl groups is 4. The van der Waals surface area contributed by atoms with Gasteiger partial charge in [-0.25, -0.2) is 4.79 Å². The molecule has 0 aliphatic carbocycles. The van der Waals surface area contributed by atoms with Crippen molar-refractivity contribution < 1.29 is 68.0 Å². The summed E-state index contributed by atoms with van der Waals surface area (Å²) < 4.78 is 34.7. The third-order valence-corrected chi connectivity index (χ3v) is 14.9. The number of amides is 1. The van der Waals surface area contributed by atoms with Crippen LogP contribution in [-0.2, 0) is 42.8 Å². The van der Waals surface area contributed by atoms with Crippen LogP contribution in [0.25, 0.3) is 0 Å². The molecule has 1 heterocycles. The number of aliphatic hydroxyl groups excluding tert-OH is 4. The van der Waals surface area contributed by atoms with Gasteiger partial charge in [-0.05, 0) is 50.4 Å². The number of nitrogens with zero attached hydrogens (tertiary/aromatic N) is 1. The van der Waals surface area contributed by atoms with Crippen molar-refractivity contribution in [2.45, 2.75) is 257 Å². The van der Waals surface area contributed by atoms with Crippen LogP contribution in [0.4, 0.5) is 4.79 Å². The second-order valence-corrected chi connectivity index (χ2v) is 21.4. The Balaban J connectivity index is 3.23. The number of ether oxygens (including phenoxy) is 6. The molecule has 1 saturated heterocycles. The van der Waals surface area contributed by atoms with E-state index in [-0.39, 0.29) is 68.6 Å². The van der Waals surface area contributed by atoms with E-state index in [2.05, 4.69) is 20.8 Å². The van der Waals surface area contributed by atoms with Crippen molar-refractivity contribution >= 4 is 35.8 Å². The van der Waals surface area contributed by atoms with E-state index >= 15 is 0 Å². The smallest absolute Gasteiger partial charge is 0.410 e. The highest BCUT2D eigenvalue weighted by Gasteiger charge is 2.54. The summed E-state index contributed by atoms with van der Waals surface area (Å²) in [5.74, 6) is -1.16. The average Bonchev–Trinajstić information content (AvgIpc) is 3.97. The fourth-order valence-corrected chi connectivity index (χ4v) is 9.65. The fraction of sp³-hybridized carbons (Fsp3) is 0.923. The first-order valence-corrected chi connectivity index (χ1v) is 27.2. The average molecular weight is 992 g/mol. The number of rotatable bonds is 41. The lowest BCUT2D eigenvalue weighted by Gasteiger charge is -2.36. The maximum Gasteiger partial charge on any atom is 0.410 e. The van der Waals surface area contributed by atoms with Crippen LogP contribution in [0.1, 0.15) is 197 Å². The first-order valence-electron chi connectivity index (χ1n) is 26.0. The Hall–Kier alpha value is -2.21. The van der Waals surface area contributed by atoms with Gasteiger partial charge >= 0.3 is 24.0 Å². The number of methoxy groups -OCH3 is 3. The molecule has 1 amide bonds. The highest BCUT2D eigenvalue weighted by Crippen LogP contribution is 2.39. The molecule has 0 saturated carbocycles. The van der Waals surface area contributed by atoms with Gasteiger partial charge in [0.25, 0.3) is 0 Å². The molecule has 4 N–H and O–H groups in total. The zero-order chi connectivity index (χ0) is 51.3. The SMILES string of the molecule is CCCCCCC(O)CC(O)C(O)CC1(C)CN1C(=O)OC(CC(CCCCCC)OC(=O)CC(C)C(C)(C)CC(O)C(CC(CCCCCC)OC)OC(=O)CC)C(CSCC(=O)OC)OC. The number of carbonyl (C=O) groups is 4. The Kier molecular flexibility index (Phi) is 32.8. The molecule has 0 radical (unpaired) electrons. The summed E-state index contributed by atoms with van der Waals surface area (Å²) >= 11 is 1.27. The van der Waals surface area contributed by atoms with Crippen LogP contribution in [-0.4, -0.2) is 149 Å². The van der Waals surface area contributed by atoms with E-state index in [1.54, 1.807) is 14.0 Å². The van der Waals surface area contributed by atoms with Gasteiger partial charge in [0.1, 0.15) is 24.4 Å². The molecule has 1 aliphatic rings. The molecule has 0 aromatic heterocycles. The Labute approximate surface area is 415 Å². The fourth-order valence-electron chi connectivity index (χ4n) is 8.67. The van der Waals surface area contributed by atoms with Gasteiger partial charge in [0.05, 0.1) is 48.9 Å². The molecule has 0 spiro atoms. The van der Waals surface area contributed by atoms with Gasteiger partial charge < -0.3 is 48.8 Å². The lowest BCUT2D eigenvalue weighted by atomic mass is 9.73. The second-order valence-electron chi connectivity index (χ2n) is 20.3. The zero-order valence-electron chi connectivity index (χ0n) is 44.2. The van der Waals surface area contributed by atoms with Crippen molar-refractivity contribution in [2.75, 3.05) is 39.4 Å². The van der Waals surface area contributed by atoms with Crippen LogP contribution in [0.5, 0.6) is 0 Å². The van der Waals surface area contributed by atoms with Crippen LogP contribution in [0, 0.1) is 11.3 Å². The third-order valence-electron chi connectivity index (χ3n) is 13.9. The number of esters is 3. The normalized spacial score (nSPS) is 19.4. The summed E-state index contributed by atoms with van der Waals surface area (Å²) in [4.78, 5) is 53.9. The standard InChI is InChI=1S/C52H97NO14S/c1-12-16-19-22-25-38(54)29-41(55)42(56)33-52(8)36-53(52)50(61)67-45(46(63-10)34-68-35-49(60)64-11)31-40(27-24-21-18-14-3)65-48(59)28-37(5)51(6,7)32-43(57)44(66-47(58)15-4)30-39(62-9)26-23-20-17-13-2/h37-46,54-57H,12-36H2,1-11H3. The number of carbonyl (C=O) groups excluding carboxylic acids is 4. The number of hydrogen-bond acceptors (Lipinski definition) is 15. The van der Waals surface area contributed by atoms with Crippen molar-refractivity contribution in [3.63, 3.8) is 0 Å². The van der Waals surface area contributed by atoms with Crippen molar-refractivity contribution in [2.24, 2.45) is 11.3 Å². The van der Waals surface area contributed by atoms with Crippen LogP contribution >= 0.6 is 11.8 Å². The minimum absolute atomic E-state index is 0.0381. The van der Waals surface area contributed by atoms with E-state index in [4.69, 9.17) is 28.4 Å². The minimum Gasteiger partial charge on any atom is -0.468 e. The molecule has 1 fully saturated rings. The van der Waals surface area contributed by atoms with Crippen molar-refractivity contribution in [3.05, 3.63) is 0 Å². The van der Waals surface area contributed by atoms with Gasteiger partial charge in [-0.3, -0.25) is 19.3 Å². The van der Waals surface area contributed by atoms with Crippen molar-refractivity contribution in [1.29, 1.82) is 0 Å². The monoisotopic (exact) mass is 992 g/mol. The van der Waals surface area contributed by atoms with Gasteiger partial charge in [-0.2, -0.15) is 0 Å². The van der Waals surface area contributed by atoms with E-state index in [0.29, 0.717) is 19.3 Å². The Morgan fingerprint density at radius 3 is 1.76 bits per heavy atom. The summed E-state index contributed by atoms with van der Waals surface area (Å²) in [6.45, 7) is 16.1. The molecular formula is C52H97NO14S. The zero-order valence-corrected chi connectivity index (χ0v) is 45.0. The van der Waals surface area contributed by atoms with E-state index in [0.717, 1.165) is 83.5 Å². The number of unbranched alkanes of at least 4 members (excludes halogenated alkanes) is 9. The topological polar surface area (TPSA) is 208 Å². The van der Waals surface area contributed by atoms with E-state index in [9.17, 15) is 39.6 Å². The summed E-state index contributed by atoms with van der Waals surface area (Å²) in [5.41, 5.74) is -1.37. The molecule has 400 valence electrons. The van der Waals surface area contributed by atoms with Crippen LogP contribution < -0.4 is 0 Å². The predicted octanol–water partition coefficient (Wildman–Crippen LogP) is 9.09. The number of thioether (sulfide) groups is 1. The number of hydrogen-bond donors (Lipinski definition) is 4. The summed E-state index contributed by atoms with van der Waals surface area (Å²) in [7, 11) is 4.45. The molecule has 15 nitrogen and oxygen atoms in total. The van der Waals surface area contributed by atoms with Gasteiger partial charge in [-0.1, -0.05) is 119 Å². The van der Waals surface area contributed by atoms with Gasteiger partial charge in [0, 0.05) is 65.0 Å². The molecule has 11 atom stereocenters. The Bertz CT molecular complexity index is 1390. The lowest BCUT2D eigenvalue weighted by Crippen LogP contribution is -2.41. The molecule has 68 heavy (non-hydrogen) atoms. The van der Waals surface area contributed by atoms with Gasteiger partial charge in [-0.15, -0.1) is 11.8 Å². The molecule has 11 unspecified atom stereocenters. The molecule has 1 aliphatic heterocycles. The molecule has 1 rings (SSSR count). The maximum atomic E-state index is 13.9. The minimum atomic E-state index is -1.17. The first kappa shape index (κ1) is 63.8. The maximum absolute atomic E-state index is 13.9. The quantitative estimate of drug-likeness (QED) is 0.0195.